The van der Waals surface area contributed by atoms with Crippen LogP contribution in [0.4, 0.5) is 11.8 Å². The minimum absolute atomic E-state index is 0.180. The number of nitrogens with zero attached hydrogens (tertiary/aromatic N) is 3. The van der Waals surface area contributed by atoms with Gasteiger partial charge < -0.3 is 15.0 Å². The van der Waals surface area contributed by atoms with Gasteiger partial charge >= 0.3 is 0 Å². The molecule has 1 saturated heterocycles. The molecule has 0 spiro atoms. The van der Waals surface area contributed by atoms with Gasteiger partial charge in [-0.25, -0.2) is 4.98 Å². The van der Waals surface area contributed by atoms with Gasteiger partial charge in [0.2, 0.25) is 5.95 Å². The highest BCUT2D eigenvalue weighted by Gasteiger charge is 2.38. The summed E-state index contributed by atoms with van der Waals surface area (Å²) in [5.74, 6) is 1.62. The largest absolute Gasteiger partial charge is 0.366 e. The summed E-state index contributed by atoms with van der Waals surface area (Å²) in [6.45, 7) is 12.1. The van der Waals surface area contributed by atoms with Gasteiger partial charge in [-0.05, 0) is 34.6 Å². The highest BCUT2D eigenvalue weighted by atomic mass is 16.5. The molecule has 2 rings (SSSR count). The van der Waals surface area contributed by atoms with E-state index in [0.29, 0.717) is 5.95 Å². The van der Waals surface area contributed by atoms with E-state index in [0.717, 1.165) is 24.6 Å². The van der Waals surface area contributed by atoms with E-state index in [4.69, 9.17) is 4.74 Å². The molecule has 1 aromatic heterocycles. The van der Waals surface area contributed by atoms with Crippen LogP contribution in [0, 0.1) is 6.92 Å². The SMILES string of the molecule is CNc1nc(C)cc(N2CC(C)(C)OC(C)(C)C2)n1. The van der Waals surface area contributed by atoms with Crippen LogP contribution in [0.5, 0.6) is 0 Å². The smallest absolute Gasteiger partial charge is 0.224 e. The summed E-state index contributed by atoms with van der Waals surface area (Å²) >= 11 is 0. The van der Waals surface area contributed by atoms with Crippen molar-refractivity contribution in [3.8, 4) is 0 Å². The van der Waals surface area contributed by atoms with Crippen LogP contribution >= 0.6 is 0 Å². The van der Waals surface area contributed by atoms with Crippen LogP contribution in [0.15, 0.2) is 6.07 Å². The van der Waals surface area contributed by atoms with E-state index in [9.17, 15) is 0 Å². The zero-order valence-corrected chi connectivity index (χ0v) is 12.7. The quantitative estimate of drug-likeness (QED) is 0.887. The Balaban J connectivity index is 2.33. The van der Waals surface area contributed by atoms with E-state index < -0.39 is 0 Å². The molecule has 106 valence electrons. The zero-order chi connectivity index (χ0) is 14.3. The first-order valence-electron chi connectivity index (χ1n) is 6.69. The standard InChI is InChI=1S/C14H24N4O/c1-10-7-11(17-12(15-6)16-10)18-8-13(2,3)19-14(4,5)9-18/h7H,8-9H2,1-6H3,(H,15,16,17). The van der Waals surface area contributed by atoms with Gasteiger partial charge in [0.1, 0.15) is 5.82 Å². The van der Waals surface area contributed by atoms with Crippen LogP contribution in [0.25, 0.3) is 0 Å². The van der Waals surface area contributed by atoms with Gasteiger partial charge in [-0.1, -0.05) is 0 Å². The van der Waals surface area contributed by atoms with Crippen LogP contribution in [0.2, 0.25) is 0 Å². The van der Waals surface area contributed by atoms with Gasteiger partial charge in [-0.2, -0.15) is 4.98 Å². The Morgan fingerprint density at radius 2 is 1.74 bits per heavy atom. The van der Waals surface area contributed by atoms with E-state index in [1.807, 2.05) is 20.0 Å². The maximum atomic E-state index is 6.10. The molecule has 19 heavy (non-hydrogen) atoms. The van der Waals surface area contributed by atoms with Crippen molar-refractivity contribution in [3.05, 3.63) is 11.8 Å². The lowest BCUT2D eigenvalue weighted by Gasteiger charge is -2.47. The lowest BCUT2D eigenvalue weighted by atomic mass is 9.99. The lowest BCUT2D eigenvalue weighted by Crippen LogP contribution is -2.57. The number of anilines is 2. The summed E-state index contributed by atoms with van der Waals surface area (Å²) in [4.78, 5) is 11.2. The number of ether oxygens (including phenoxy) is 1. The van der Waals surface area contributed by atoms with Gasteiger partial charge in [-0.15, -0.1) is 0 Å². The normalized spacial score (nSPS) is 21.3. The number of rotatable bonds is 2. The highest BCUT2D eigenvalue weighted by molar-refractivity contribution is 5.45. The summed E-state index contributed by atoms with van der Waals surface area (Å²) in [6.07, 6.45) is 0. The van der Waals surface area contributed by atoms with Crippen LogP contribution < -0.4 is 10.2 Å². The third kappa shape index (κ3) is 3.35. The van der Waals surface area contributed by atoms with Crippen LogP contribution in [-0.4, -0.2) is 41.3 Å². The molecule has 1 aliphatic heterocycles. The predicted octanol–water partition coefficient (Wildman–Crippen LogP) is 2.22. The third-order valence-corrected chi connectivity index (χ3v) is 3.08. The molecule has 0 bridgehead atoms. The maximum absolute atomic E-state index is 6.10. The second-order valence-corrected chi connectivity index (χ2v) is 6.42. The number of aromatic nitrogens is 2. The van der Waals surface area contributed by atoms with Crippen molar-refractivity contribution in [2.45, 2.75) is 45.8 Å². The Labute approximate surface area is 115 Å². The molecule has 0 unspecified atom stereocenters. The molecule has 1 aromatic rings. The number of nitrogens with one attached hydrogen (secondary N) is 1. The van der Waals surface area contributed by atoms with Crippen LogP contribution in [0.3, 0.4) is 0 Å². The topological polar surface area (TPSA) is 50.3 Å². The van der Waals surface area contributed by atoms with Gasteiger partial charge in [0.15, 0.2) is 0 Å². The van der Waals surface area contributed by atoms with Crippen LogP contribution in [-0.2, 0) is 4.74 Å². The van der Waals surface area contributed by atoms with Crippen molar-refractivity contribution >= 4 is 11.8 Å². The molecule has 0 radical (unpaired) electrons. The Bertz CT molecular complexity index is 455. The number of morpholine rings is 1. The van der Waals surface area contributed by atoms with Crippen molar-refractivity contribution in [3.63, 3.8) is 0 Å². The number of hydrogen-bond acceptors (Lipinski definition) is 5. The Hall–Kier alpha value is -1.36. The molecule has 0 amide bonds. The monoisotopic (exact) mass is 264 g/mol. The number of aryl methyl sites for hydroxylation is 1. The fourth-order valence-electron chi connectivity index (χ4n) is 2.78. The molecule has 1 fully saturated rings. The third-order valence-electron chi connectivity index (χ3n) is 3.08. The molecular weight excluding hydrogens is 240 g/mol. The molecule has 0 atom stereocenters. The molecule has 2 heterocycles. The average Bonchev–Trinajstić information content (AvgIpc) is 2.24. The molecule has 1 aliphatic rings. The minimum Gasteiger partial charge on any atom is -0.366 e. The summed E-state index contributed by atoms with van der Waals surface area (Å²) in [7, 11) is 1.84. The summed E-state index contributed by atoms with van der Waals surface area (Å²) < 4.78 is 6.10. The van der Waals surface area contributed by atoms with Gasteiger partial charge in [0.05, 0.1) is 11.2 Å². The van der Waals surface area contributed by atoms with Gasteiger partial charge in [0.25, 0.3) is 0 Å². The van der Waals surface area contributed by atoms with E-state index >= 15 is 0 Å². The second kappa shape index (κ2) is 4.63. The lowest BCUT2D eigenvalue weighted by molar-refractivity contribution is -0.133. The Morgan fingerprint density at radius 1 is 1.16 bits per heavy atom. The molecule has 0 aliphatic carbocycles. The second-order valence-electron chi connectivity index (χ2n) is 6.42. The van der Waals surface area contributed by atoms with Crippen molar-refractivity contribution in [2.24, 2.45) is 0 Å². The Morgan fingerprint density at radius 3 is 2.26 bits per heavy atom. The van der Waals surface area contributed by atoms with E-state index in [1.54, 1.807) is 0 Å². The Kier molecular flexibility index (Phi) is 3.43. The molecular formula is C14H24N4O. The van der Waals surface area contributed by atoms with Crippen LogP contribution in [0.1, 0.15) is 33.4 Å². The summed E-state index contributed by atoms with van der Waals surface area (Å²) in [5.41, 5.74) is 0.609. The number of hydrogen-bond donors (Lipinski definition) is 1. The average molecular weight is 264 g/mol. The first-order chi connectivity index (χ1) is 8.71. The summed E-state index contributed by atoms with van der Waals surface area (Å²) in [5, 5.41) is 3.01. The first-order valence-corrected chi connectivity index (χ1v) is 6.69. The van der Waals surface area contributed by atoms with E-state index in [1.165, 1.54) is 0 Å². The van der Waals surface area contributed by atoms with Crippen molar-refractivity contribution in [1.29, 1.82) is 0 Å². The van der Waals surface area contributed by atoms with Crippen molar-refractivity contribution in [2.75, 3.05) is 30.4 Å². The molecule has 5 heteroatoms. The first kappa shape index (κ1) is 14.1. The van der Waals surface area contributed by atoms with Gasteiger partial charge in [0, 0.05) is 31.9 Å². The van der Waals surface area contributed by atoms with Crippen molar-refractivity contribution < 1.29 is 4.74 Å². The molecule has 5 nitrogen and oxygen atoms in total. The fourth-order valence-corrected chi connectivity index (χ4v) is 2.78. The molecule has 0 saturated carbocycles. The van der Waals surface area contributed by atoms with E-state index in [-0.39, 0.29) is 11.2 Å². The fraction of sp³-hybridized carbons (Fsp3) is 0.714. The van der Waals surface area contributed by atoms with Gasteiger partial charge in [-0.3, -0.25) is 0 Å². The highest BCUT2D eigenvalue weighted by Crippen LogP contribution is 2.31. The molecule has 0 aromatic carbocycles. The van der Waals surface area contributed by atoms with Crippen molar-refractivity contribution in [1.82, 2.24) is 9.97 Å². The zero-order valence-electron chi connectivity index (χ0n) is 12.7. The predicted molar refractivity (Wildman–Crippen MR) is 77.8 cm³/mol. The minimum atomic E-state index is -0.180. The molecule has 1 N–H and O–H groups in total. The summed E-state index contributed by atoms with van der Waals surface area (Å²) in [6, 6.07) is 2.03. The van der Waals surface area contributed by atoms with E-state index in [2.05, 4.69) is 47.9 Å². The maximum Gasteiger partial charge on any atom is 0.224 e.